The monoisotopic (exact) mass is 282 g/mol. The third-order valence-corrected chi connectivity index (χ3v) is 3.37. The van der Waals surface area contributed by atoms with Crippen LogP contribution in [0.3, 0.4) is 0 Å². The Morgan fingerprint density at radius 3 is 2.24 bits per heavy atom. The molecule has 0 spiro atoms. The number of rotatable bonds is 2. The zero-order valence-corrected chi connectivity index (χ0v) is 11.3. The summed E-state index contributed by atoms with van der Waals surface area (Å²) >= 11 is 0. The fraction of sp³-hybridized carbons (Fsp3) is 0.0588. The van der Waals surface area contributed by atoms with Gasteiger partial charge in [0.1, 0.15) is 11.6 Å². The van der Waals surface area contributed by atoms with Gasteiger partial charge in [-0.3, -0.25) is 0 Å². The van der Waals surface area contributed by atoms with Crippen LogP contribution in [0, 0.1) is 18.6 Å². The molecule has 0 aliphatic rings. The van der Waals surface area contributed by atoms with Crippen molar-refractivity contribution in [3.63, 3.8) is 0 Å². The molecule has 4 heteroatoms. The first-order chi connectivity index (χ1) is 10.2. The zero-order chi connectivity index (χ0) is 14.8. The summed E-state index contributed by atoms with van der Waals surface area (Å²) in [7, 11) is 0. The van der Waals surface area contributed by atoms with E-state index in [0.717, 1.165) is 16.7 Å². The Hall–Kier alpha value is -2.62. The van der Waals surface area contributed by atoms with Crippen molar-refractivity contribution in [2.45, 2.75) is 6.92 Å². The maximum atomic E-state index is 13.8. The van der Waals surface area contributed by atoms with Crippen molar-refractivity contribution >= 4 is 0 Å². The maximum absolute atomic E-state index is 13.8. The van der Waals surface area contributed by atoms with Crippen molar-refractivity contribution in [3.05, 3.63) is 72.1 Å². The van der Waals surface area contributed by atoms with Gasteiger partial charge in [-0.1, -0.05) is 24.3 Å². The van der Waals surface area contributed by atoms with Crippen molar-refractivity contribution in [1.29, 1.82) is 0 Å². The minimum atomic E-state index is -0.562. The van der Waals surface area contributed by atoms with Crippen LogP contribution in [0.25, 0.3) is 22.3 Å². The third kappa shape index (κ3) is 2.52. The summed E-state index contributed by atoms with van der Waals surface area (Å²) in [5, 5.41) is 7.58. The summed E-state index contributed by atoms with van der Waals surface area (Å²) in [6.07, 6.45) is 3.27. The number of hydrogen-bond acceptors (Lipinski definition) is 2. The molecular weight excluding hydrogens is 270 g/mol. The second kappa shape index (κ2) is 5.40. The van der Waals surface area contributed by atoms with Crippen LogP contribution < -0.4 is 0 Å². The van der Waals surface area contributed by atoms with Gasteiger partial charge in [-0.25, -0.2) is 8.78 Å². The molecule has 1 heterocycles. The highest BCUT2D eigenvalue weighted by atomic mass is 19.1. The number of aromatic nitrogens is 2. The third-order valence-electron chi connectivity index (χ3n) is 3.37. The van der Waals surface area contributed by atoms with Gasteiger partial charge in [0.15, 0.2) is 0 Å². The summed E-state index contributed by atoms with van der Waals surface area (Å²) in [5.41, 5.74) is 3.32. The maximum Gasteiger partial charge on any atom is 0.133 e. The Kier molecular flexibility index (Phi) is 3.44. The van der Waals surface area contributed by atoms with E-state index in [9.17, 15) is 8.78 Å². The topological polar surface area (TPSA) is 25.8 Å². The molecule has 0 atom stereocenters. The summed E-state index contributed by atoms with van der Waals surface area (Å²) in [5.74, 6) is -1.12. The Balaban J connectivity index is 2.11. The fourth-order valence-corrected chi connectivity index (χ4v) is 2.37. The van der Waals surface area contributed by atoms with E-state index in [1.807, 2.05) is 19.1 Å². The molecule has 1 aromatic heterocycles. The van der Waals surface area contributed by atoms with Crippen molar-refractivity contribution < 1.29 is 8.78 Å². The van der Waals surface area contributed by atoms with Gasteiger partial charge in [-0.15, -0.1) is 0 Å². The molecule has 3 rings (SSSR count). The van der Waals surface area contributed by atoms with Crippen LogP contribution >= 0.6 is 0 Å². The summed E-state index contributed by atoms with van der Waals surface area (Å²) in [6.45, 7) is 1.90. The van der Waals surface area contributed by atoms with Crippen molar-refractivity contribution in [3.8, 4) is 22.3 Å². The lowest BCUT2D eigenvalue weighted by atomic mass is 9.96. The van der Waals surface area contributed by atoms with Crippen LogP contribution in [0.5, 0.6) is 0 Å². The van der Waals surface area contributed by atoms with Crippen LogP contribution in [0.1, 0.15) is 5.56 Å². The van der Waals surface area contributed by atoms with E-state index in [4.69, 9.17) is 0 Å². The predicted octanol–water partition coefficient (Wildman–Crippen LogP) is 4.40. The molecule has 0 bridgehead atoms. The number of aryl methyl sites for hydroxylation is 1. The normalized spacial score (nSPS) is 10.6. The minimum absolute atomic E-state index is 0.00000310. The molecular formula is C17H12F2N2. The molecule has 0 radical (unpaired) electrons. The SMILES string of the molecule is Cc1cc(-c2c(F)cccc2F)ccc1-c1ccnnc1. The number of hydrogen-bond donors (Lipinski definition) is 0. The highest BCUT2D eigenvalue weighted by molar-refractivity contribution is 5.73. The average Bonchev–Trinajstić information content (AvgIpc) is 2.48. The summed E-state index contributed by atoms with van der Waals surface area (Å²) in [6, 6.07) is 11.1. The molecule has 0 amide bonds. The number of benzene rings is 2. The van der Waals surface area contributed by atoms with E-state index in [1.54, 1.807) is 24.5 Å². The lowest BCUT2D eigenvalue weighted by molar-refractivity contribution is 0.589. The predicted molar refractivity (Wildman–Crippen MR) is 77.6 cm³/mol. The molecule has 2 aromatic carbocycles. The van der Waals surface area contributed by atoms with Gasteiger partial charge >= 0.3 is 0 Å². The summed E-state index contributed by atoms with van der Waals surface area (Å²) in [4.78, 5) is 0. The quantitative estimate of drug-likeness (QED) is 0.696. The van der Waals surface area contributed by atoms with E-state index in [2.05, 4.69) is 10.2 Å². The molecule has 0 saturated carbocycles. The second-order valence-electron chi connectivity index (χ2n) is 4.76. The Labute approximate surface area is 121 Å². The molecule has 21 heavy (non-hydrogen) atoms. The molecule has 0 saturated heterocycles. The molecule has 3 aromatic rings. The number of halogens is 2. The minimum Gasteiger partial charge on any atom is -0.206 e. The van der Waals surface area contributed by atoms with Gasteiger partial charge in [-0.2, -0.15) is 10.2 Å². The second-order valence-corrected chi connectivity index (χ2v) is 4.76. The molecule has 0 unspecified atom stereocenters. The fourth-order valence-electron chi connectivity index (χ4n) is 2.37. The van der Waals surface area contributed by atoms with Crippen LogP contribution in [-0.2, 0) is 0 Å². The highest BCUT2D eigenvalue weighted by Crippen LogP contribution is 2.30. The van der Waals surface area contributed by atoms with Crippen LogP contribution in [0.15, 0.2) is 54.9 Å². The summed E-state index contributed by atoms with van der Waals surface area (Å²) < 4.78 is 27.7. The lowest BCUT2D eigenvalue weighted by Crippen LogP contribution is -1.92. The standard InChI is InChI=1S/C17H12F2N2/c1-11-9-12(17-15(18)3-2-4-16(17)19)5-6-14(11)13-7-8-20-21-10-13/h2-10H,1H3. The van der Waals surface area contributed by atoms with Gasteiger partial charge in [0.2, 0.25) is 0 Å². The molecule has 2 nitrogen and oxygen atoms in total. The number of nitrogens with zero attached hydrogens (tertiary/aromatic N) is 2. The average molecular weight is 282 g/mol. The van der Waals surface area contributed by atoms with E-state index in [-0.39, 0.29) is 5.56 Å². The van der Waals surface area contributed by atoms with Crippen LogP contribution in [-0.4, -0.2) is 10.2 Å². The van der Waals surface area contributed by atoms with Gasteiger partial charge in [0.25, 0.3) is 0 Å². The van der Waals surface area contributed by atoms with Crippen LogP contribution in [0.4, 0.5) is 8.78 Å². The van der Waals surface area contributed by atoms with Crippen molar-refractivity contribution in [2.24, 2.45) is 0 Å². The largest absolute Gasteiger partial charge is 0.206 e. The first-order valence-corrected chi connectivity index (χ1v) is 6.49. The molecule has 0 fully saturated rings. The Morgan fingerprint density at radius 1 is 0.857 bits per heavy atom. The van der Waals surface area contributed by atoms with E-state index in [1.165, 1.54) is 18.2 Å². The Morgan fingerprint density at radius 2 is 1.62 bits per heavy atom. The zero-order valence-electron chi connectivity index (χ0n) is 11.3. The van der Waals surface area contributed by atoms with Crippen molar-refractivity contribution in [2.75, 3.05) is 0 Å². The first-order valence-electron chi connectivity index (χ1n) is 6.49. The smallest absolute Gasteiger partial charge is 0.133 e. The first kappa shape index (κ1) is 13.4. The van der Waals surface area contributed by atoms with E-state index in [0.29, 0.717) is 5.56 Å². The molecule has 0 N–H and O–H groups in total. The van der Waals surface area contributed by atoms with Crippen LogP contribution in [0.2, 0.25) is 0 Å². The van der Waals surface area contributed by atoms with Gasteiger partial charge in [-0.05, 0) is 41.8 Å². The van der Waals surface area contributed by atoms with Gasteiger partial charge in [0.05, 0.1) is 18.0 Å². The van der Waals surface area contributed by atoms with E-state index >= 15 is 0 Å². The highest BCUT2D eigenvalue weighted by Gasteiger charge is 2.12. The van der Waals surface area contributed by atoms with E-state index < -0.39 is 11.6 Å². The Bertz CT molecular complexity index is 766. The van der Waals surface area contributed by atoms with Crippen molar-refractivity contribution in [1.82, 2.24) is 10.2 Å². The molecule has 0 aliphatic heterocycles. The van der Waals surface area contributed by atoms with Gasteiger partial charge in [0, 0.05) is 5.56 Å². The lowest BCUT2D eigenvalue weighted by Gasteiger charge is -2.10. The van der Waals surface area contributed by atoms with Gasteiger partial charge < -0.3 is 0 Å². The molecule has 104 valence electrons. The molecule has 0 aliphatic carbocycles.